The van der Waals surface area contributed by atoms with Crippen molar-refractivity contribution in [2.75, 3.05) is 18.2 Å². The smallest absolute Gasteiger partial charge is 0.328 e. The van der Waals surface area contributed by atoms with Gasteiger partial charge in [0.15, 0.2) is 0 Å². The molecule has 6 nitrogen and oxygen atoms in total. The van der Waals surface area contributed by atoms with E-state index in [0.717, 1.165) is 0 Å². The molecule has 0 fully saturated rings. The summed E-state index contributed by atoms with van der Waals surface area (Å²) in [5, 5.41) is 3.01. The zero-order chi connectivity index (χ0) is 13.7. The number of nitrogens with one attached hydrogen (secondary N) is 1. The molecular formula is C12H20N4O2. The number of hydrogen-bond acceptors (Lipinski definition) is 6. The molecular weight excluding hydrogens is 232 g/mol. The maximum atomic E-state index is 11.5. The zero-order valence-electron chi connectivity index (χ0n) is 11.2. The third-order valence-electron chi connectivity index (χ3n) is 2.50. The number of ether oxygens (including phenoxy) is 1. The van der Waals surface area contributed by atoms with Crippen molar-refractivity contribution in [1.29, 1.82) is 0 Å². The first-order valence-corrected chi connectivity index (χ1v) is 5.96. The van der Waals surface area contributed by atoms with Crippen LogP contribution < -0.4 is 11.1 Å². The van der Waals surface area contributed by atoms with Crippen LogP contribution in [-0.4, -0.2) is 29.1 Å². The van der Waals surface area contributed by atoms with Crippen molar-refractivity contribution in [2.24, 2.45) is 0 Å². The largest absolute Gasteiger partial charge is 0.467 e. The maximum Gasteiger partial charge on any atom is 0.328 e. The Labute approximate surface area is 107 Å². The molecule has 3 N–H and O–H groups in total. The SMILES string of the molecule is CCC(Nc1cc(N)nc(C(C)C)n1)C(=O)OC. The molecule has 0 amide bonds. The highest BCUT2D eigenvalue weighted by Gasteiger charge is 2.18. The molecule has 0 saturated carbocycles. The lowest BCUT2D eigenvalue weighted by atomic mass is 10.2. The third-order valence-corrected chi connectivity index (χ3v) is 2.50. The van der Waals surface area contributed by atoms with Crippen LogP contribution in [0.15, 0.2) is 6.07 Å². The highest BCUT2D eigenvalue weighted by molar-refractivity contribution is 5.78. The van der Waals surface area contributed by atoms with Crippen LogP contribution in [-0.2, 0) is 9.53 Å². The Kier molecular flexibility index (Phi) is 4.88. The zero-order valence-corrected chi connectivity index (χ0v) is 11.2. The predicted molar refractivity (Wildman–Crippen MR) is 70.3 cm³/mol. The van der Waals surface area contributed by atoms with E-state index in [9.17, 15) is 4.79 Å². The van der Waals surface area contributed by atoms with Gasteiger partial charge in [0.1, 0.15) is 23.5 Å². The summed E-state index contributed by atoms with van der Waals surface area (Å²) in [5.41, 5.74) is 5.72. The first-order valence-electron chi connectivity index (χ1n) is 5.96. The van der Waals surface area contributed by atoms with E-state index in [1.807, 2.05) is 20.8 Å². The Morgan fingerprint density at radius 2 is 2.17 bits per heavy atom. The molecule has 0 radical (unpaired) electrons. The molecule has 0 aliphatic heterocycles. The van der Waals surface area contributed by atoms with E-state index in [-0.39, 0.29) is 11.9 Å². The molecule has 1 rings (SSSR count). The van der Waals surface area contributed by atoms with Crippen molar-refractivity contribution in [2.45, 2.75) is 39.2 Å². The second-order valence-electron chi connectivity index (χ2n) is 4.32. The summed E-state index contributed by atoms with van der Waals surface area (Å²) in [5.74, 6) is 1.43. The topological polar surface area (TPSA) is 90.1 Å². The Bertz CT molecular complexity index is 421. The average Bonchev–Trinajstić information content (AvgIpc) is 2.34. The monoisotopic (exact) mass is 252 g/mol. The number of hydrogen-bond donors (Lipinski definition) is 2. The number of anilines is 2. The highest BCUT2D eigenvalue weighted by Crippen LogP contribution is 2.16. The van der Waals surface area contributed by atoms with Crippen LogP contribution in [0.4, 0.5) is 11.6 Å². The lowest BCUT2D eigenvalue weighted by Gasteiger charge is -2.16. The van der Waals surface area contributed by atoms with Gasteiger partial charge in [-0.15, -0.1) is 0 Å². The minimum Gasteiger partial charge on any atom is -0.467 e. The van der Waals surface area contributed by atoms with Gasteiger partial charge in [-0.25, -0.2) is 14.8 Å². The first-order chi connectivity index (χ1) is 8.47. The van der Waals surface area contributed by atoms with Crippen molar-refractivity contribution in [3.8, 4) is 0 Å². The molecule has 0 spiro atoms. The van der Waals surface area contributed by atoms with Gasteiger partial charge in [0, 0.05) is 12.0 Å². The molecule has 0 aliphatic carbocycles. The Hall–Kier alpha value is -1.85. The molecule has 6 heteroatoms. The highest BCUT2D eigenvalue weighted by atomic mass is 16.5. The summed E-state index contributed by atoms with van der Waals surface area (Å²) in [7, 11) is 1.36. The Morgan fingerprint density at radius 1 is 1.50 bits per heavy atom. The van der Waals surface area contributed by atoms with E-state index < -0.39 is 6.04 Å². The molecule has 1 atom stereocenters. The molecule has 1 unspecified atom stereocenters. The average molecular weight is 252 g/mol. The van der Waals surface area contributed by atoms with Crippen LogP contribution in [0.25, 0.3) is 0 Å². The minimum absolute atomic E-state index is 0.173. The van der Waals surface area contributed by atoms with E-state index in [0.29, 0.717) is 23.9 Å². The second-order valence-corrected chi connectivity index (χ2v) is 4.32. The van der Waals surface area contributed by atoms with Gasteiger partial charge in [0.2, 0.25) is 0 Å². The van der Waals surface area contributed by atoms with Gasteiger partial charge >= 0.3 is 5.97 Å². The second kappa shape index (κ2) is 6.18. The maximum absolute atomic E-state index is 11.5. The lowest BCUT2D eigenvalue weighted by molar-refractivity contribution is -0.141. The molecule has 18 heavy (non-hydrogen) atoms. The minimum atomic E-state index is -0.427. The van der Waals surface area contributed by atoms with Crippen molar-refractivity contribution < 1.29 is 9.53 Å². The molecule has 0 aromatic carbocycles. The Balaban J connectivity index is 2.92. The summed E-state index contributed by atoms with van der Waals surface area (Å²) in [6.07, 6.45) is 0.605. The number of carbonyl (C=O) groups is 1. The molecule has 0 bridgehead atoms. The van der Waals surface area contributed by atoms with Gasteiger partial charge in [-0.05, 0) is 6.42 Å². The van der Waals surface area contributed by atoms with Crippen LogP contribution in [0.1, 0.15) is 38.9 Å². The normalized spacial score (nSPS) is 12.3. The number of nitrogens with two attached hydrogens (primary N) is 1. The number of nitrogens with zero attached hydrogens (tertiary/aromatic N) is 2. The van der Waals surface area contributed by atoms with Crippen molar-refractivity contribution in [1.82, 2.24) is 9.97 Å². The molecule has 1 aromatic heterocycles. The number of rotatable bonds is 5. The van der Waals surface area contributed by atoms with Crippen molar-refractivity contribution in [3.63, 3.8) is 0 Å². The van der Waals surface area contributed by atoms with Crippen LogP contribution >= 0.6 is 0 Å². The molecule has 0 aliphatic rings. The van der Waals surface area contributed by atoms with E-state index in [1.165, 1.54) is 7.11 Å². The number of aromatic nitrogens is 2. The van der Waals surface area contributed by atoms with E-state index in [4.69, 9.17) is 10.5 Å². The predicted octanol–water partition coefficient (Wildman–Crippen LogP) is 1.55. The fourth-order valence-electron chi connectivity index (χ4n) is 1.47. The summed E-state index contributed by atoms with van der Waals surface area (Å²) >= 11 is 0. The van der Waals surface area contributed by atoms with E-state index in [2.05, 4.69) is 15.3 Å². The lowest BCUT2D eigenvalue weighted by Crippen LogP contribution is -2.30. The van der Waals surface area contributed by atoms with Gasteiger partial charge < -0.3 is 15.8 Å². The summed E-state index contributed by atoms with van der Waals surface area (Å²) in [4.78, 5) is 20.0. The standard InChI is InChI=1S/C12H20N4O2/c1-5-8(12(17)18-4)14-10-6-9(13)15-11(16-10)7(2)3/h6-8H,5H2,1-4H3,(H3,13,14,15,16). The van der Waals surface area contributed by atoms with Crippen LogP contribution in [0.2, 0.25) is 0 Å². The number of esters is 1. The molecule has 100 valence electrons. The van der Waals surface area contributed by atoms with Gasteiger partial charge in [-0.2, -0.15) is 0 Å². The summed E-state index contributed by atoms with van der Waals surface area (Å²) in [6, 6.07) is 1.18. The molecule has 1 aromatic rings. The fraction of sp³-hybridized carbons (Fsp3) is 0.583. The van der Waals surface area contributed by atoms with E-state index >= 15 is 0 Å². The van der Waals surface area contributed by atoms with Crippen molar-refractivity contribution >= 4 is 17.6 Å². The third kappa shape index (κ3) is 3.58. The molecule has 1 heterocycles. The van der Waals surface area contributed by atoms with Crippen LogP contribution in [0, 0.1) is 0 Å². The fourth-order valence-corrected chi connectivity index (χ4v) is 1.47. The van der Waals surface area contributed by atoms with Crippen LogP contribution in [0.5, 0.6) is 0 Å². The van der Waals surface area contributed by atoms with Gasteiger partial charge in [-0.3, -0.25) is 0 Å². The van der Waals surface area contributed by atoms with Gasteiger partial charge in [0.05, 0.1) is 7.11 Å². The summed E-state index contributed by atoms with van der Waals surface area (Å²) < 4.78 is 4.71. The van der Waals surface area contributed by atoms with Crippen LogP contribution in [0.3, 0.4) is 0 Å². The first kappa shape index (κ1) is 14.2. The van der Waals surface area contributed by atoms with E-state index in [1.54, 1.807) is 6.07 Å². The number of nitrogen functional groups attached to an aromatic ring is 1. The number of carbonyl (C=O) groups excluding carboxylic acids is 1. The Morgan fingerprint density at radius 3 is 2.67 bits per heavy atom. The number of methoxy groups -OCH3 is 1. The van der Waals surface area contributed by atoms with Gasteiger partial charge in [0.25, 0.3) is 0 Å². The van der Waals surface area contributed by atoms with Gasteiger partial charge in [-0.1, -0.05) is 20.8 Å². The quantitative estimate of drug-likeness (QED) is 0.773. The molecule has 0 saturated heterocycles. The summed E-state index contributed by atoms with van der Waals surface area (Å²) in [6.45, 7) is 5.86. The van der Waals surface area contributed by atoms with Crippen molar-refractivity contribution in [3.05, 3.63) is 11.9 Å².